The average Bonchev–Trinajstić information content (AvgIpc) is 2.42. The van der Waals surface area contributed by atoms with Gasteiger partial charge in [-0.3, -0.25) is 0 Å². The van der Waals surface area contributed by atoms with Crippen LogP contribution in [0, 0.1) is 0 Å². The first-order valence-corrected chi connectivity index (χ1v) is 5.64. The molecule has 0 amide bonds. The van der Waals surface area contributed by atoms with E-state index < -0.39 is 19.0 Å². The molecular weight excluding hydrogens is 278 g/mol. The van der Waals surface area contributed by atoms with Gasteiger partial charge in [0.1, 0.15) is 0 Å². The van der Waals surface area contributed by atoms with Crippen molar-refractivity contribution >= 4 is 6.08 Å². The summed E-state index contributed by atoms with van der Waals surface area (Å²) < 4.78 is 53.5. The van der Waals surface area contributed by atoms with Gasteiger partial charge in [-0.15, -0.1) is 0 Å². The Morgan fingerprint density at radius 2 is 2.05 bits per heavy atom. The molecule has 0 aliphatic rings. The fourth-order valence-electron chi connectivity index (χ4n) is 1.11. The number of aliphatic hydroxyl groups is 1. The van der Waals surface area contributed by atoms with Crippen LogP contribution in [0.5, 0.6) is 5.88 Å². The van der Waals surface area contributed by atoms with Crippen LogP contribution in [-0.4, -0.2) is 35.7 Å². The fourth-order valence-corrected chi connectivity index (χ4v) is 1.11. The average molecular weight is 291 g/mol. The molecule has 0 saturated heterocycles. The van der Waals surface area contributed by atoms with E-state index in [2.05, 4.69) is 9.72 Å². The summed E-state index contributed by atoms with van der Waals surface area (Å²) in [5, 5.41) is 8.50. The predicted molar refractivity (Wildman–Crippen MR) is 65.9 cm³/mol. The highest BCUT2D eigenvalue weighted by atomic mass is 19.3. The van der Waals surface area contributed by atoms with Crippen molar-refractivity contribution < 1.29 is 27.4 Å². The molecule has 0 saturated carbocycles. The maximum Gasteiger partial charge on any atom is 0.340 e. The van der Waals surface area contributed by atoms with Crippen molar-refractivity contribution in [2.75, 3.05) is 13.2 Å². The Morgan fingerprint density at radius 1 is 1.30 bits per heavy atom. The molecular formula is C13H13F4NO2. The first-order chi connectivity index (χ1) is 9.45. The smallest absolute Gasteiger partial charge is 0.340 e. The summed E-state index contributed by atoms with van der Waals surface area (Å²) >= 11 is 0. The van der Waals surface area contributed by atoms with Crippen molar-refractivity contribution in [1.29, 1.82) is 0 Å². The number of pyridine rings is 1. The molecule has 0 bridgehead atoms. The topological polar surface area (TPSA) is 42.4 Å². The Kier molecular flexibility index (Phi) is 6.17. The quantitative estimate of drug-likeness (QED) is 0.620. The van der Waals surface area contributed by atoms with Gasteiger partial charge in [-0.2, -0.15) is 8.78 Å². The zero-order valence-corrected chi connectivity index (χ0v) is 10.3. The van der Waals surface area contributed by atoms with Gasteiger partial charge in [0.2, 0.25) is 5.88 Å². The maximum absolute atomic E-state index is 12.6. The highest BCUT2D eigenvalue weighted by Gasteiger charge is 2.41. The molecule has 0 unspecified atom stereocenters. The SMILES string of the molecule is OC/C=C/C=C/c1ccc(OCC(F)(F)C(F)F)nc1. The molecule has 0 aromatic carbocycles. The van der Waals surface area contributed by atoms with Crippen LogP contribution in [-0.2, 0) is 0 Å². The highest BCUT2D eigenvalue weighted by molar-refractivity contribution is 5.50. The fraction of sp³-hybridized carbons (Fsp3) is 0.308. The highest BCUT2D eigenvalue weighted by Crippen LogP contribution is 2.23. The third-order valence-corrected chi connectivity index (χ3v) is 2.13. The second kappa shape index (κ2) is 7.64. The third-order valence-electron chi connectivity index (χ3n) is 2.13. The van der Waals surface area contributed by atoms with E-state index in [0.717, 1.165) is 0 Å². The Morgan fingerprint density at radius 3 is 2.60 bits per heavy atom. The summed E-state index contributed by atoms with van der Waals surface area (Å²) in [5.41, 5.74) is 0.667. The van der Waals surface area contributed by atoms with Gasteiger partial charge in [0.15, 0.2) is 6.61 Å². The van der Waals surface area contributed by atoms with Crippen LogP contribution in [0.1, 0.15) is 5.56 Å². The minimum absolute atomic E-state index is 0.0757. The van der Waals surface area contributed by atoms with Crippen molar-refractivity contribution in [3.8, 4) is 5.88 Å². The number of aliphatic hydroxyl groups excluding tert-OH is 1. The maximum atomic E-state index is 12.6. The molecule has 0 atom stereocenters. The molecule has 1 aromatic heterocycles. The zero-order chi connectivity index (χ0) is 15.0. The molecule has 0 radical (unpaired) electrons. The summed E-state index contributed by atoms with van der Waals surface area (Å²) in [4.78, 5) is 3.71. The van der Waals surface area contributed by atoms with Crippen molar-refractivity contribution in [3.63, 3.8) is 0 Å². The summed E-state index contributed by atoms with van der Waals surface area (Å²) in [7, 11) is 0. The lowest BCUT2D eigenvalue weighted by Crippen LogP contribution is -2.33. The molecule has 110 valence electrons. The molecule has 0 aliphatic heterocycles. The molecule has 1 aromatic rings. The van der Waals surface area contributed by atoms with Gasteiger partial charge in [0.05, 0.1) is 6.61 Å². The van der Waals surface area contributed by atoms with Gasteiger partial charge in [-0.25, -0.2) is 13.8 Å². The molecule has 0 spiro atoms. The van der Waals surface area contributed by atoms with E-state index in [0.29, 0.717) is 5.56 Å². The van der Waals surface area contributed by atoms with Gasteiger partial charge in [0.25, 0.3) is 0 Å². The van der Waals surface area contributed by atoms with Gasteiger partial charge >= 0.3 is 12.3 Å². The largest absolute Gasteiger partial charge is 0.471 e. The Bertz CT molecular complexity index is 458. The summed E-state index contributed by atoms with van der Waals surface area (Å²) in [6, 6.07) is 2.84. The van der Waals surface area contributed by atoms with Gasteiger partial charge < -0.3 is 9.84 Å². The van der Waals surface area contributed by atoms with Crippen LogP contribution in [0.3, 0.4) is 0 Å². The lowest BCUT2D eigenvalue weighted by Gasteiger charge is -2.15. The number of nitrogens with zero attached hydrogens (tertiary/aromatic N) is 1. The van der Waals surface area contributed by atoms with Gasteiger partial charge in [-0.05, 0) is 11.6 Å². The second-order valence-electron chi connectivity index (χ2n) is 3.75. The molecule has 1 N–H and O–H groups in total. The predicted octanol–water partition coefficient (Wildman–Crippen LogP) is 2.92. The van der Waals surface area contributed by atoms with Crippen LogP contribution < -0.4 is 4.74 Å². The number of alkyl halides is 4. The Hall–Kier alpha value is -1.89. The van der Waals surface area contributed by atoms with E-state index in [4.69, 9.17) is 5.11 Å². The normalized spacial score (nSPS) is 12.7. The number of allylic oxidation sites excluding steroid dienone is 2. The number of hydrogen-bond acceptors (Lipinski definition) is 3. The van der Waals surface area contributed by atoms with E-state index in [1.54, 1.807) is 18.2 Å². The number of aromatic nitrogens is 1. The van der Waals surface area contributed by atoms with Crippen LogP contribution >= 0.6 is 0 Å². The monoisotopic (exact) mass is 291 g/mol. The van der Waals surface area contributed by atoms with E-state index >= 15 is 0 Å². The molecule has 3 nitrogen and oxygen atoms in total. The van der Waals surface area contributed by atoms with E-state index in [-0.39, 0.29) is 12.5 Å². The van der Waals surface area contributed by atoms with Crippen molar-refractivity contribution in [1.82, 2.24) is 4.98 Å². The lowest BCUT2D eigenvalue weighted by atomic mass is 10.2. The summed E-state index contributed by atoms with van der Waals surface area (Å²) in [5.74, 6) is -4.36. The van der Waals surface area contributed by atoms with Crippen LogP contribution in [0.2, 0.25) is 0 Å². The van der Waals surface area contributed by atoms with Crippen molar-refractivity contribution in [3.05, 3.63) is 42.1 Å². The number of ether oxygens (including phenoxy) is 1. The van der Waals surface area contributed by atoms with Crippen LogP contribution in [0.25, 0.3) is 6.08 Å². The molecule has 1 rings (SSSR count). The molecule has 1 heterocycles. The minimum atomic E-state index is -4.20. The van der Waals surface area contributed by atoms with Crippen LogP contribution in [0.15, 0.2) is 36.6 Å². The Labute approximate surface area is 113 Å². The summed E-state index contributed by atoms with van der Waals surface area (Å²) in [6.45, 7) is -1.50. The number of rotatable bonds is 7. The molecule has 20 heavy (non-hydrogen) atoms. The molecule has 0 fully saturated rings. The number of hydrogen-bond donors (Lipinski definition) is 1. The Balaban J connectivity index is 2.55. The molecule has 7 heteroatoms. The second-order valence-corrected chi connectivity index (χ2v) is 3.75. The summed E-state index contributed by atoms with van der Waals surface area (Å²) in [6.07, 6.45) is 4.03. The standard InChI is InChI=1S/C13H13F4NO2/c14-12(15)13(16,17)9-20-11-6-5-10(8-18-11)4-2-1-3-7-19/h1-6,8,12,19H,7,9H2/b3-1+,4-2+. The van der Waals surface area contributed by atoms with E-state index in [1.165, 1.54) is 24.4 Å². The molecule has 0 aliphatic carbocycles. The zero-order valence-electron chi connectivity index (χ0n) is 10.3. The lowest BCUT2D eigenvalue weighted by molar-refractivity contribution is -0.148. The van der Waals surface area contributed by atoms with Crippen LogP contribution in [0.4, 0.5) is 17.6 Å². The van der Waals surface area contributed by atoms with E-state index in [1.807, 2.05) is 0 Å². The third kappa shape index (κ3) is 5.40. The minimum Gasteiger partial charge on any atom is -0.471 e. The first kappa shape index (κ1) is 16.2. The van der Waals surface area contributed by atoms with Gasteiger partial charge in [0, 0.05) is 12.3 Å². The van der Waals surface area contributed by atoms with E-state index in [9.17, 15) is 17.6 Å². The number of halogens is 4. The first-order valence-electron chi connectivity index (χ1n) is 5.64. The van der Waals surface area contributed by atoms with Crippen molar-refractivity contribution in [2.45, 2.75) is 12.3 Å². The van der Waals surface area contributed by atoms with Gasteiger partial charge in [-0.1, -0.05) is 24.3 Å². The van der Waals surface area contributed by atoms with Crippen molar-refractivity contribution in [2.24, 2.45) is 0 Å².